The van der Waals surface area contributed by atoms with Gasteiger partial charge in [0.05, 0.1) is 11.3 Å². The van der Waals surface area contributed by atoms with E-state index in [-0.39, 0.29) is 0 Å². The van der Waals surface area contributed by atoms with Crippen molar-refractivity contribution in [3.8, 4) is 28.3 Å². The molecule has 0 aliphatic carbocycles. The number of piperidine rings is 1. The van der Waals surface area contributed by atoms with Crippen LogP contribution in [0.5, 0.6) is 0 Å². The van der Waals surface area contributed by atoms with Crippen LogP contribution < -0.4 is 16.4 Å². The molecule has 1 fully saturated rings. The third-order valence-electron chi connectivity index (χ3n) is 7.01. The first kappa shape index (κ1) is 23.3. The van der Waals surface area contributed by atoms with Crippen LogP contribution in [0.15, 0.2) is 85.1 Å². The Hall–Kier alpha value is -4.07. The van der Waals surface area contributed by atoms with Gasteiger partial charge in [0.1, 0.15) is 11.3 Å². The molecule has 7 nitrogen and oxygen atoms in total. The standard InChI is InChI=1S/C30H31N7/c31-28-25(9-5-17-34-28)29-36-27-15-14-26(23-7-2-1-3-8-23)35-30(27)37(29)24-12-10-21(11-13-24)18-33-20-22-6-4-16-32-19-22/h1-3,5,7-15,17,22,32-33H,4,6,16,18-20H2,(H2,31,34). The molecule has 0 spiro atoms. The molecule has 7 heteroatoms. The Morgan fingerprint density at radius 1 is 0.946 bits per heavy atom. The van der Waals surface area contributed by atoms with Gasteiger partial charge in [0.25, 0.3) is 0 Å². The molecule has 1 aliphatic heterocycles. The number of pyridine rings is 2. The normalized spacial score (nSPS) is 15.7. The fourth-order valence-corrected chi connectivity index (χ4v) is 5.04. The van der Waals surface area contributed by atoms with Crippen LogP contribution >= 0.6 is 0 Å². The number of nitrogens with zero attached hydrogens (tertiary/aromatic N) is 4. The molecule has 5 aromatic rings. The molecule has 186 valence electrons. The number of anilines is 1. The summed E-state index contributed by atoms with van der Waals surface area (Å²) in [4.78, 5) is 14.3. The predicted molar refractivity (Wildman–Crippen MR) is 149 cm³/mol. The second kappa shape index (κ2) is 10.5. The first-order chi connectivity index (χ1) is 18.3. The van der Waals surface area contributed by atoms with Gasteiger partial charge in [0.15, 0.2) is 11.5 Å². The molecule has 0 bridgehead atoms. The van der Waals surface area contributed by atoms with Gasteiger partial charge >= 0.3 is 0 Å². The number of nitrogens with one attached hydrogen (secondary N) is 2. The first-order valence-electron chi connectivity index (χ1n) is 12.9. The number of nitrogen functional groups attached to an aromatic ring is 1. The molecule has 6 rings (SSSR count). The number of nitrogens with two attached hydrogens (primary N) is 1. The molecule has 4 heterocycles. The number of hydrogen-bond donors (Lipinski definition) is 3. The van der Waals surface area contributed by atoms with Gasteiger partial charge < -0.3 is 16.4 Å². The van der Waals surface area contributed by atoms with E-state index < -0.39 is 0 Å². The summed E-state index contributed by atoms with van der Waals surface area (Å²) >= 11 is 0. The molecular weight excluding hydrogens is 458 g/mol. The summed E-state index contributed by atoms with van der Waals surface area (Å²) in [5.41, 5.74) is 12.9. The number of benzene rings is 2. The minimum atomic E-state index is 0.445. The third-order valence-corrected chi connectivity index (χ3v) is 7.01. The molecule has 3 aromatic heterocycles. The van der Waals surface area contributed by atoms with Crippen molar-refractivity contribution in [2.24, 2.45) is 5.92 Å². The van der Waals surface area contributed by atoms with Gasteiger partial charge in [-0.3, -0.25) is 4.57 Å². The molecule has 1 atom stereocenters. The molecule has 0 amide bonds. The zero-order chi connectivity index (χ0) is 25.0. The maximum Gasteiger partial charge on any atom is 0.165 e. The van der Waals surface area contributed by atoms with Crippen molar-refractivity contribution in [1.29, 1.82) is 0 Å². The highest BCUT2D eigenvalue weighted by molar-refractivity contribution is 5.84. The SMILES string of the molecule is Nc1ncccc1-c1nc2ccc(-c3ccccc3)nc2n1-c1ccc(CNCC2CCCNC2)cc1. The highest BCUT2D eigenvalue weighted by atomic mass is 15.1. The molecular formula is C30H31N7. The van der Waals surface area contributed by atoms with E-state index in [1.54, 1.807) is 6.20 Å². The molecule has 4 N–H and O–H groups in total. The highest BCUT2D eigenvalue weighted by Gasteiger charge is 2.19. The van der Waals surface area contributed by atoms with Crippen molar-refractivity contribution in [1.82, 2.24) is 30.2 Å². The van der Waals surface area contributed by atoms with Crippen LogP contribution in [0.3, 0.4) is 0 Å². The van der Waals surface area contributed by atoms with Crippen molar-refractivity contribution < 1.29 is 0 Å². The maximum atomic E-state index is 6.29. The third kappa shape index (κ3) is 4.96. The molecule has 1 aliphatic rings. The van der Waals surface area contributed by atoms with Crippen LogP contribution in [0.25, 0.3) is 39.5 Å². The first-order valence-corrected chi connectivity index (χ1v) is 12.9. The van der Waals surface area contributed by atoms with Crippen LogP contribution in [0.4, 0.5) is 5.82 Å². The molecule has 0 radical (unpaired) electrons. The second-order valence-corrected chi connectivity index (χ2v) is 9.62. The van der Waals surface area contributed by atoms with Crippen LogP contribution in [-0.4, -0.2) is 39.2 Å². The Labute approximate surface area is 216 Å². The average molecular weight is 490 g/mol. The number of rotatable bonds is 7. The van der Waals surface area contributed by atoms with Crippen LogP contribution in [0.1, 0.15) is 18.4 Å². The lowest BCUT2D eigenvalue weighted by atomic mass is 10.00. The van der Waals surface area contributed by atoms with Crippen molar-refractivity contribution in [2.45, 2.75) is 19.4 Å². The summed E-state index contributed by atoms with van der Waals surface area (Å²) < 4.78 is 2.08. The van der Waals surface area contributed by atoms with E-state index in [1.807, 2.05) is 42.5 Å². The molecule has 2 aromatic carbocycles. The van der Waals surface area contributed by atoms with Crippen molar-refractivity contribution >= 4 is 17.0 Å². The quantitative estimate of drug-likeness (QED) is 0.303. The number of fused-ring (bicyclic) bond motifs is 1. The highest BCUT2D eigenvalue weighted by Crippen LogP contribution is 2.31. The summed E-state index contributed by atoms with van der Waals surface area (Å²) in [6.45, 7) is 4.14. The Morgan fingerprint density at radius 2 is 1.81 bits per heavy atom. The van der Waals surface area contributed by atoms with E-state index in [9.17, 15) is 0 Å². The largest absolute Gasteiger partial charge is 0.383 e. The van der Waals surface area contributed by atoms with Gasteiger partial charge in [0, 0.05) is 24.0 Å². The lowest BCUT2D eigenvalue weighted by molar-refractivity contribution is 0.360. The number of imidazole rings is 1. The van der Waals surface area contributed by atoms with E-state index in [2.05, 4.69) is 56.6 Å². The smallest absolute Gasteiger partial charge is 0.165 e. The maximum absolute atomic E-state index is 6.29. The minimum absolute atomic E-state index is 0.445. The topological polar surface area (TPSA) is 93.7 Å². The average Bonchev–Trinajstić information content (AvgIpc) is 3.33. The molecule has 0 saturated carbocycles. The molecule has 1 unspecified atom stereocenters. The molecule has 37 heavy (non-hydrogen) atoms. The van der Waals surface area contributed by atoms with E-state index >= 15 is 0 Å². The summed E-state index contributed by atoms with van der Waals surface area (Å²) in [5, 5.41) is 7.12. The zero-order valence-electron chi connectivity index (χ0n) is 20.8. The summed E-state index contributed by atoms with van der Waals surface area (Å²) in [7, 11) is 0. The zero-order valence-corrected chi connectivity index (χ0v) is 20.8. The Morgan fingerprint density at radius 3 is 2.59 bits per heavy atom. The van der Waals surface area contributed by atoms with Gasteiger partial charge in [-0.25, -0.2) is 15.0 Å². The fourth-order valence-electron chi connectivity index (χ4n) is 5.04. The van der Waals surface area contributed by atoms with E-state index in [1.165, 1.54) is 18.4 Å². The van der Waals surface area contributed by atoms with Crippen LogP contribution in [0, 0.1) is 5.92 Å². The number of hydrogen-bond acceptors (Lipinski definition) is 6. The Bertz CT molecular complexity index is 1490. The molecule has 1 saturated heterocycles. The number of aromatic nitrogens is 4. The van der Waals surface area contributed by atoms with Crippen LogP contribution in [-0.2, 0) is 6.54 Å². The minimum Gasteiger partial charge on any atom is -0.383 e. The van der Waals surface area contributed by atoms with Crippen molar-refractivity contribution in [2.75, 3.05) is 25.4 Å². The van der Waals surface area contributed by atoms with E-state index in [0.717, 1.165) is 65.7 Å². The lowest BCUT2D eigenvalue weighted by Gasteiger charge is -2.23. The fraction of sp³-hybridized carbons (Fsp3) is 0.233. The summed E-state index contributed by atoms with van der Waals surface area (Å²) in [5.74, 6) is 1.89. The second-order valence-electron chi connectivity index (χ2n) is 9.62. The summed E-state index contributed by atoms with van der Waals surface area (Å²) in [6, 6.07) is 26.7. The van der Waals surface area contributed by atoms with Gasteiger partial charge in [-0.05, 0) is 80.4 Å². The van der Waals surface area contributed by atoms with Gasteiger partial charge in [-0.1, -0.05) is 42.5 Å². The summed E-state index contributed by atoms with van der Waals surface area (Å²) in [6.07, 6.45) is 4.26. The van der Waals surface area contributed by atoms with Crippen molar-refractivity contribution in [3.63, 3.8) is 0 Å². The monoisotopic (exact) mass is 489 g/mol. The van der Waals surface area contributed by atoms with Crippen molar-refractivity contribution in [3.05, 3.63) is 90.6 Å². The van der Waals surface area contributed by atoms with E-state index in [4.69, 9.17) is 15.7 Å². The Balaban J connectivity index is 1.36. The van der Waals surface area contributed by atoms with Crippen LogP contribution in [0.2, 0.25) is 0 Å². The Kier molecular flexibility index (Phi) is 6.62. The van der Waals surface area contributed by atoms with E-state index in [0.29, 0.717) is 11.7 Å². The van der Waals surface area contributed by atoms with Gasteiger partial charge in [0.2, 0.25) is 0 Å². The predicted octanol–water partition coefficient (Wildman–Crippen LogP) is 4.82. The van der Waals surface area contributed by atoms with Gasteiger partial charge in [-0.15, -0.1) is 0 Å². The lowest BCUT2D eigenvalue weighted by Crippen LogP contribution is -2.35. The van der Waals surface area contributed by atoms with Gasteiger partial charge in [-0.2, -0.15) is 0 Å².